The van der Waals surface area contributed by atoms with Crippen molar-refractivity contribution in [1.82, 2.24) is 4.40 Å². The van der Waals surface area contributed by atoms with Gasteiger partial charge in [0.15, 0.2) is 5.43 Å². The van der Waals surface area contributed by atoms with Gasteiger partial charge >= 0.3 is 19.8 Å². The molecule has 0 saturated carbocycles. The van der Waals surface area contributed by atoms with Gasteiger partial charge in [0.2, 0.25) is 0 Å². The van der Waals surface area contributed by atoms with E-state index in [0.29, 0.717) is 27.8 Å². The second-order valence-corrected chi connectivity index (χ2v) is 8.66. The number of nitrogens with zero attached hydrogens (tertiary/aromatic N) is 1. The maximum atomic E-state index is 13.9. The average molecular weight is 571 g/mol. The van der Waals surface area contributed by atoms with E-state index in [9.17, 15) is 31.1 Å². The van der Waals surface area contributed by atoms with Gasteiger partial charge in [-0.2, -0.15) is 26.3 Å². The van der Waals surface area contributed by atoms with Crippen LogP contribution in [-0.2, 0) is 0 Å². The van der Waals surface area contributed by atoms with E-state index in [4.69, 9.17) is 0 Å². The van der Waals surface area contributed by atoms with Gasteiger partial charge in [0.25, 0.3) is 0 Å². The number of hydrogen-bond donors (Lipinski definition) is 0. The highest BCUT2D eigenvalue weighted by Crippen LogP contribution is 2.31. The van der Waals surface area contributed by atoms with Crippen LogP contribution in [0.25, 0.3) is 38.9 Å². The van der Waals surface area contributed by atoms with Gasteiger partial charge in [-0.1, -0.05) is 36.4 Å². The smallest absolute Gasteiger partial charge is 0.387 e. The summed E-state index contributed by atoms with van der Waals surface area (Å²) in [5.41, 5.74) is 2.70. The van der Waals surface area contributed by atoms with Crippen molar-refractivity contribution in [3.05, 3.63) is 108 Å². The zero-order chi connectivity index (χ0) is 29.1. The zero-order valence-corrected chi connectivity index (χ0v) is 20.8. The Morgan fingerprint density at radius 3 is 1.44 bits per heavy atom. The third-order valence-electron chi connectivity index (χ3n) is 6.15. The molecule has 0 saturated heterocycles. The van der Waals surface area contributed by atoms with Gasteiger partial charge in [0, 0.05) is 18.0 Å². The van der Waals surface area contributed by atoms with Crippen LogP contribution in [0.5, 0.6) is 17.2 Å². The van der Waals surface area contributed by atoms with Gasteiger partial charge in [-0.15, -0.1) is 0 Å². The fourth-order valence-corrected chi connectivity index (χ4v) is 4.39. The molecular formula is C30H19F6NO4. The van der Waals surface area contributed by atoms with Crippen LogP contribution in [0.15, 0.2) is 102 Å². The van der Waals surface area contributed by atoms with Gasteiger partial charge in [-0.25, -0.2) is 0 Å². The molecule has 3 aromatic carbocycles. The Balaban J connectivity index is 1.65. The lowest BCUT2D eigenvalue weighted by molar-refractivity contribution is -0.0505. The summed E-state index contributed by atoms with van der Waals surface area (Å²) in [4.78, 5) is 13.9. The van der Waals surface area contributed by atoms with Crippen molar-refractivity contribution in [3.8, 4) is 50.6 Å². The number of halogens is 6. The SMILES string of the molecule is O=c1c(-c2ccc(OC(F)F)cc2)cn2ccc(-c3ccc(OC(F)F)cc3)cc2c1-c1ccc(OC(F)F)cc1. The van der Waals surface area contributed by atoms with Crippen molar-refractivity contribution in [3.63, 3.8) is 0 Å². The predicted octanol–water partition coefficient (Wildman–Crippen LogP) is 8.10. The third-order valence-corrected chi connectivity index (χ3v) is 6.15. The standard InChI is InChI=1S/C30H19F6NO4/c31-28(32)39-21-7-1-17(2-8-21)20-13-14-37-16-24(18-3-9-22(10-4-18)40-29(33)34)27(38)26(25(37)15-20)19-5-11-23(12-6-19)41-30(35)36/h1-16,28-30H. The molecule has 210 valence electrons. The van der Waals surface area contributed by atoms with Crippen LogP contribution < -0.4 is 19.6 Å². The number of hydrogen-bond acceptors (Lipinski definition) is 4. The van der Waals surface area contributed by atoms with E-state index >= 15 is 0 Å². The molecule has 0 aliphatic heterocycles. The molecule has 0 aliphatic carbocycles. The topological polar surface area (TPSA) is 49.2 Å². The van der Waals surface area contributed by atoms with Gasteiger partial charge in [-0.3, -0.25) is 4.79 Å². The van der Waals surface area contributed by atoms with Crippen LogP contribution >= 0.6 is 0 Å². The number of fused-ring (bicyclic) bond motifs is 1. The Kier molecular flexibility index (Phi) is 7.86. The molecule has 5 nitrogen and oxygen atoms in total. The van der Waals surface area contributed by atoms with Crippen molar-refractivity contribution < 1.29 is 40.6 Å². The molecule has 2 aromatic heterocycles. The summed E-state index contributed by atoms with van der Waals surface area (Å²) in [6.07, 6.45) is 3.28. The predicted molar refractivity (Wildman–Crippen MR) is 140 cm³/mol. The first-order chi connectivity index (χ1) is 19.7. The van der Waals surface area contributed by atoms with E-state index in [1.165, 1.54) is 60.7 Å². The number of ether oxygens (including phenoxy) is 3. The van der Waals surface area contributed by atoms with E-state index in [2.05, 4.69) is 14.2 Å². The molecule has 0 aliphatic rings. The molecular weight excluding hydrogens is 552 g/mol. The summed E-state index contributed by atoms with van der Waals surface area (Å²) in [5.74, 6) is -0.179. The minimum absolute atomic E-state index is 0.0119. The molecule has 0 atom stereocenters. The molecule has 2 heterocycles. The minimum Gasteiger partial charge on any atom is -0.435 e. The zero-order valence-electron chi connectivity index (χ0n) is 20.8. The average Bonchev–Trinajstić information content (AvgIpc) is 2.93. The first kappa shape index (κ1) is 27.6. The molecule has 0 radical (unpaired) electrons. The second-order valence-electron chi connectivity index (χ2n) is 8.66. The number of aromatic nitrogens is 1. The van der Waals surface area contributed by atoms with E-state index in [1.807, 2.05) is 0 Å². The Morgan fingerprint density at radius 1 is 0.537 bits per heavy atom. The number of pyridine rings is 2. The Hall–Kier alpha value is -4.93. The molecule has 0 N–H and O–H groups in total. The molecule has 0 bridgehead atoms. The maximum absolute atomic E-state index is 13.9. The van der Waals surface area contributed by atoms with Crippen LogP contribution in [0.4, 0.5) is 26.3 Å². The van der Waals surface area contributed by atoms with Gasteiger partial charge in [-0.05, 0) is 70.8 Å². The van der Waals surface area contributed by atoms with Gasteiger partial charge < -0.3 is 18.6 Å². The first-order valence-electron chi connectivity index (χ1n) is 12.0. The molecule has 0 spiro atoms. The molecule has 11 heteroatoms. The lowest BCUT2D eigenvalue weighted by atomic mass is 9.97. The summed E-state index contributed by atoms with van der Waals surface area (Å²) < 4.78 is 90.5. The molecule has 0 fully saturated rings. The van der Waals surface area contributed by atoms with Crippen LogP contribution in [0, 0.1) is 0 Å². The van der Waals surface area contributed by atoms with Crippen LogP contribution in [0.3, 0.4) is 0 Å². The maximum Gasteiger partial charge on any atom is 0.387 e. The Labute approximate surface area is 228 Å². The quantitative estimate of drug-likeness (QED) is 0.168. The Bertz CT molecular complexity index is 1700. The van der Waals surface area contributed by atoms with Crippen LogP contribution in [0.1, 0.15) is 0 Å². The van der Waals surface area contributed by atoms with Crippen molar-refractivity contribution in [2.75, 3.05) is 0 Å². The first-order valence-corrected chi connectivity index (χ1v) is 12.0. The number of rotatable bonds is 9. The highest BCUT2D eigenvalue weighted by atomic mass is 19.3. The lowest BCUT2D eigenvalue weighted by Gasteiger charge is -2.14. The van der Waals surface area contributed by atoms with E-state index in [0.717, 1.165) is 0 Å². The van der Waals surface area contributed by atoms with Gasteiger partial charge in [0.1, 0.15) is 17.2 Å². The molecule has 5 aromatic rings. The van der Waals surface area contributed by atoms with Crippen molar-refractivity contribution >= 4 is 5.52 Å². The molecule has 0 amide bonds. The molecule has 0 unspecified atom stereocenters. The largest absolute Gasteiger partial charge is 0.435 e. The fraction of sp³-hybridized carbons (Fsp3) is 0.100. The van der Waals surface area contributed by atoms with E-state index in [-0.39, 0.29) is 28.4 Å². The van der Waals surface area contributed by atoms with E-state index in [1.54, 1.807) is 41.1 Å². The lowest BCUT2D eigenvalue weighted by Crippen LogP contribution is -2.12. The molecule has 5 rings (SSSR count). The van der Waals surface area contributed by atoms with Crippen LogP contribution in [-0.4, -0.2) is 24.2 Å². The second kappa shape index (κ2) is 11.7. The highest BCUT2D eigenvalue weighted by Gasteiger charge is 2.17. The summed E-state index contributed by atoms with van der Waals surface area (Å²) >= 11 is 0. The monoisotopic (exact) mass is 571 g/mol. The van der Waals surface area contributed by atoms with Crippen molar-refractivity contribution in [1.29, 1.82) is 0 Å². The normalized spacial score (nSPS) is 11.4. The molecule has 41 heavy (non-hydrogen) atoms. The minimum atomic E-state index is -3.02. The fourth-order valence-electron chi connectivity index (χ4n) is 4.39. The highest BCUT2D eigenvalue weighted by molar-refractivity contribution is 5.87. The van der Waals surface area contributed by atoms with Gasteiger partial charge in [0.05, 0.1) is 11.1 Å². The van der Waals surface area contributed by atoms with E-state index < -0.39 is 25.3 Å². The summed E-state index contributed by atoms with van der Waals surface area (Å²) in [6.45, 7) is -8.98. The number of alkyl halides is 6. The summed E-state index contributed by atoms with van der Waals surface area (Å²) in [6, 6.07) is 20.6. The van der Waals surface area contributed by atoms with Crippen molar-refractivity contribution in [2.45, 2.75) is 19.8 Å². The van der Waals surface area contributed by atoms with Crippen molar-refractivity contribution in [2.24, 2.45) is 0 Å². The third kappa shape index (κ3) is 6.29. The summed E-state index contributed by atoms with van der Waals surface area (Å²) in [5, 5.41) is 0. The van der Waals surface area contributed by atoms with Crippen LogP contribution in [0.2, 0.25) is 0 Å². The number of benzene rings is 3. The summed E-state index contributed by atoms with van der Waals surface area (Å²) in [7, 11) is 0. The Morgan fingerprint density at radius 2 is 0.976 bits per heavy atom.